The average molecular weight is 1270 g/mol. The fourth-order valence-corrected chi connectivity index (χ4v) is 17.5. The standard InChI is InChI=1S/C59H94O29/c1-54(2)13-15-59(16-14-56(4)23(24(59)17-54)7-8-30-55(3)11-10-32(85-47-41(72)33(64)25(63)21-79-47)58(6,52(76)77)31(55)9-12-57(30,56)5)53(78)88-50-44(75)45(86-48-42(73)38(69)34(65)26(18-60)81-48)37(68)29(84-50)22-80-51-46(40(71)36(67)28(20-62)83-51)87-49-43(74)39(70)35(66)27(19-61)82-49/h7,24-51,60-75H,8-22H2,1-6H3,(H,76,77)/t24-,25+,26+,27+,28+,29+,30+,31+,32-,33-,34+,35+,36+,37+,38-,39-,40-,41+,42+,43+,44+,45-,46+,47-,48-,49-,50-,51+,55+,56+,57+,58?,59-/m0/s1. The molecule has 17 N–H and O–H groups in total. The molecule has 29 nitrogen and oxygen atoms in total. The van der Waals surface area contributed by atoms with Gasteiger partial charge in [-0.15, -0.1) is 0 Å². The van der Waals surface area contributed by atoms with Crippen molar-refractivity contribution in [3.8, 4) is 0 Å². The molecular formula is C59H94O29. The molecule has 0 radical (unpaired) electrons. The molecular weight excluding hydrogens is 1170 g/mol. The van der Waals surface area contributed by atoms with Crippen LogP contribution in [-0.2, 0) is 57.0 Å². The second-order valence-electron chi connectivity index (χ2n) is 28.4. The fourth-order valence-electron chi connectivity index (χ4n) is 17.5. The lowest BCUT2D eigenvalue weighted by Gasteiger charge is -2.71. The van der Waals surface area contributed by atoms with E-state index in [1.54, 1.807) is 6.92 Å². The maximum atomic E-state index is 15.7. The lowest BCUT2D eigenvalue weighted by molar-refractivity contribution is -0.377. The molecule has 5 heterocycles. The Hall–Kier alpha value is -2.32. The lowest BCUT2D eigenvalue weighted by Crippen LogP contribution is -2.67. The number of esters is 1. The SMILES string of the molecule is CC1(C)CC[C@]2(C(=O)O[C@@H]3O[C@H](CO[C@@H]4O[C@H](CO)[C@@H](O)[C@H](O)[C@H]4O[C@@H]4O[C@H](CO)[C@@H](O)[C@H](O)[C@H]4O)[C@@H](O)[C@H](O[C@@H]4O[C@H](CO)[C@@H](O)[C@H](O)[C@H]4O)[C@H]3O)CC[C@]3(C)C(=CC[C@@H]4[C@@]5(C)CC[C@H](O[C@@H]6OC[C@@H](O)[C@H](O)[C@H]6O)C(C)(C(=O)O)[C@@H]5CC[C@]43C)[C@@H]2C1. The molecule has 33 atom stereocenters. The molecule has 5 saturated heterocycles. The number of carbonyl (C=O) groups is 2. The number of aliphatic carboxylic acids is 1. The van der Waals surface area contributed by atoms with Crippen LogP contribution in [0.25, 0.3) is 0 Å². The maximum Gasteiger partial charge on any atom is 0.315 e. The highest BCUT2D eigenvalue weighted by Crippen LogP contribution is 2.76. The first-order valence-electron chi connectivity index (χ1n) is 30.9. The summed E-state index contributed by atoms with van der Waals surface area (Å²) in [5.41, 5.74) is -3.46. The number of carboxylic acid groups (broad SMARTS) is 1. The smallest absolute Gasteiger partial charge is 0.315 e. The van der Waals surface area contributed by atoms with Crippen molar-refractivity contribution in [2.45, 2.75) is 259 Å². The highest BCUT2D eigenvalue weighted by atomic mass is 16.8. The zero-order chi connectivity index (χ0) is 64.3. The van der Waals surface area contributed by atoms with Gasteiger partial charge in [-0.05, 0) is 111 Å². The Balaban J connectivity index is 0.931. The van der Waals surface area contributed by atoms with Crippen LogP contribution in [0.2, 0.25) is 0 Å². The molecule has 10 rings (SSSR count). The summed E-state index contributed by atoms with van der Waals surface area (Å²) in [5.74, 6) is -2.72. The predicted octanol–water partition coefficient (Wildman–Crippen LogP) is -4.51. The molecule has 0 amide bonds. The van der Waals surface area contributed by atoms with E-state index in [1.165, 1.54) is 0 Å². The maximum absolute atomic E-state index is 15.7. The molecule has 0 spiro atoms. The van der Waals surface area contributed by atoms with Crippen LogP contribution in [0.4, 0.5) is 0 Å². The normalized spacial score (nSPS) is 53.7. The van der Waals surface area contributed by atoms with Gasteiger partial charge < -0.3 is 134 Å². The quantitative estimate of drug-likeness (QED) is 0.0417. The van der Waals surface area contributed by atoms with Crippen LogP contribution in [0.15, 0.2) is 11.6 Å². The topological polar surface area (TPSA) is 470 Å². The Morgan fingerprint density at radius 2 is 1.08 bits per heavy atom. The van der Waals surface area contributed by atoms with E-state index in [0.29, 0.717) is 64.2 Å². The molecule has 10 aliphatic rings. The highest BCUT2D eigenvalue weighted by molar-refractivity contribution is 5.79. The van der Waals surface area contributed by atoms with Gasteiger partial charge in [0, 0.05) is 0 Å². The second kappa shape index (κ2) is 25.4. The van der Waals surface area contributed by atoms with E-state index in [2.05, 4.69) is 40.7 Å². The third kappa shape index (κ3) is 11.3. The molecule has 88 heavy (non-hydrogen) atoms. The molecule has 29 heteroatoms. The van der Waals surface area contributed by atoms with E-state index >= 15 is 4.79 Å². The molecule has 5 aliphatic carbocycles. The summed E-state index contributed by atoms with van der Waals surface area (Å²) in [6, 6.07) is 0. The third-order valence-electron chi connectivity index (χ3n) is 23.3. The van der Waals surface area contributed by atoms with Gasteiger partial charge in [0.25, 0.3) is 0 Å². The number of aliphatic hydroxyl groups is 16. The molecule has 1 unspecified atom stereocenters. The minimum Gasteiger partial charge on any atom is -0.481 e. The largest absolute Gasteiger partial charge is 0.481 e. The van der Waals surface area contributed by atoms with Gasteiger partial charge in [0.1, 0.15) is 116 Å². The summed E-state index contributed by atoms with van der Waals surface area (Å²) in [6.07, 6.45) is -37.3. The number of carbonyl (C=O) groups excluding carboxylic acids is 1. The molecule has 5 aliphatic heterocycles. The summed E-state index contributed by atoms with van der Waals surface area (Å²) < 4.78 is 59.3. The Morgan fingerprint density at radius 3 is 1.67 bits per heavy atom. The number of hydrogen-bond acceptors (Lipinski definition) is 28. The lowest BCUT2D eigenvalue weighted by atomic mass is 9.33. The summed E-state index contributed by atoms with van der Waals surface area (Å²) in [4.78, 5) is 29.4. The number of aliphatic hydroxyl groups excluding tert-OH is 16. The first kappa shape index (κ1) is 68.5. The number of hydrogen-bond donors (Lipinski definition) is 17. The van der Waals surface area contributed by atoms with E-state index in [-0.39, 0.29) is 17.9 Å². The van der Waals surface area contributed by atoms with E-state index in [9.17, 15) is 91.6 Å². The van der Waals surface area contributed by atoms with Crippen molar-refractivity contribution in [1.29, 1.82) is 0 Å². The molecule has 0 aromatic heterocycles. The number of allylic oxidation sites excluding steroid dienone is 2. The van der Waals surface area contributed by atoms with Crippen LogP contribution in [0, 0.1) is 50.2 Å². The molecule has 4 saturated carbocycles. The van der Waals surface area contributed by atoms with Crippen molar-refractivity contribution in [1.82, 2.24) is 0 Å². The first-order valence-corrected chi connectivity index (χ1v) is 30.9. The van der Waals surface area contributed by atoms with E-state index in [1.807, 2.05) is 0 Å². The number of carboxylic acids is 1. The van der Waals surface area contributed by atoms with Crippen LogP contribution in [0.5, 0.6) is 0 Å². The summed E-state index contributed by atoms with van der Waals surface area (Å²) >= 11 is 0. The van der Waals surface area contributed by atoms with Gasteiger partial charge in [-0.3, -0.25) is 9.59 Å². The Labute approximate surface area is 508 Å². The zero-order valence-electron chi connectivity index (χ0n) is 50.4. The Morgan fingerprint density at radius 1 is 0.534 bits per heavy atom. The molecule has 0 aromatic rings. The van der Waals surface area contributed by atoms with E-state index in [0.717, 1.165) is 5.57 Å². The molecule has 0 aromatic carbocycles. The third-order valence-corrected chi connectivity index (χ3v) is 23.3. The van der Waals surface area contributed by atoms with Gasteiger partial charge in [0.15, 0.2) is 25.2 Å². The van der Waals surface area contributed by atoms with Crippen molar-refractivity contribution in [2.24, 2.45) is 50.2 Å². The monoisotopic (exact) mass is 1270 g/mol. The average Bonchev–Trinajstić information content (AvgIpc) is 0.694. The first-order chi connectivity index (χ1) is 41.3. The molecule has 0 bridgehead atoms. The van der Waals surface area contributed by atoms with Crippen molar-refractivity contribution >= 4 is 11.9 Å². The van der Waals surface area contributed by atoms with Gasteiger partial charge in [0.05, 0.1) is 50.0 Å². The van der Waals surface area contributed by atoms with Gasteiger partial charge in [-0.1, -0.05) is 46.3 Å². The molecule has 504 valence electrons. The number of ether oxygens (including phenoxy) is 10. The molecule has 9 fully saturated rings. The van der Waals surface area contributed by atoms with E-state index < -0.39 is 231 Å². The minimum atomic E-state index is -2.11. The van der Waals surface area contributed by atoms with Crippen LogP contribution < -0.4 is 0 Å². The number of rotatable bonds is 15. The van der Waals surface area contributed by atoms with Gasteiger partial charge >= 0.3 is 11.9 Å². The summed E-state index contributed by atoms with van der Waals surface area (Å²) in [5, 5.41) is 183. The Kier molecular flexibility index (Phi) is 19.8. The van der Waals surface area contributed by atoms with Crippen molar-refractivity contribution in [2.75, 3.05) is 33.0 Å². The minimum absolute atomic E-state index is 0.0508. The predicted molar refractivity (Wildman–Crippen MR) is 291 cm³/mol. The summed E-state index contributed by atoms with van der Waals surface area (Å²) in [7, 11) is 0. The fraction of sp³-hybridized carbons (Fsp3) is 0.932. The second-order valence-corrected chi connectivity index (χ2v) is 28.4. The number of fused-ring (bicyclic) bond motifs is 7. The van der Waals surface area contributed by atoms with Crippen LogP contribution in [-0.4, -0.2) is 285 Å². The van der Waals surface area contributed by atoms with Gasteiger partial charge in [-0.2, -0.15) is 0 Å². The van der Waals surface area contributed by atoms with Gasteiger partial charge in [-0.25, -0.2) is 0 Å². The van der Waals surface area contributed by atoms with Crippen LogP contribution >= 0.6 is 0 Å². The van der Waals surface area contributed by atoms with Crippen molar-refractivity contribution in [3.05, 3.63) is 11.6 Å². The van der Waals surface area contributed by atoms with Crippen LogP contribution in [0.3, 0.4) is 0 Å². The highest BCUT2D eigenvalue weighted by Gasteiger charge is 2.72. The summed E-state index contributed by atoms with van der Waals surface area (Å²) in [6.45, 7) is 8.83. The zero-order valence-corrected chi connectivity index (χ0v) is 50.4. The van der Waals surface area contributed by atoms with Crippen molar-refractivity contribution in [3.63, 3.8) is 0 Å². The van der Waals surface area contributed by atoms with Crippen LogP contribution in [0.1, 0.15) is 106 Å². The van der Waals surface area contributed by atoms with Crippen molar-refractivity contribution < 1.29 is 144 Å². The Bertz CT molecular complexity index is 2490. The van der Waals surface area contributed by atoms with Gasteiger partial charge in [0.2, 0.25) is 6.29 Å². The van der Waals surface area contributed by atoms with E-state index in [4.69, 9.17) is 47.4 Å².